The number of nitrogen functional groups attached to an aromatic ring is 1. The molecule has 2 rings (SSSR count). The predicted octanol–water partition coefficient (Wildman–Crippen LogP) is 2.41. The molecule has 2 aromatic rings. The topological polar surface area (TPSA) is 66.0 Å². The molecule has 0 saturated carbocycles. The van der Waals surface area contributed by atoms with Gasteiger partial charge in [-0.15, -0.1) is 0 Å². The van der Waals surface area contributed by atoms with Gasteiger partial charge in [0.05, 0.1) is 5.69 Å². The van der Waals surface area contributed by atoms with Crippen LogP contribution in [0.2, 0.25) is 0 Å². The maximum atomic E-state index is 5.70. The first-order valence-electron chi connectivity index (χ1n) is 6.08. The minimum absolute atomic E-state index is 0.402. The first kappa shape index (κ1) is 12.4. The van der Waals surface area contributed by atoms with Crippen molar-refractivity contribution in [2.75, 3.05) is 5.73 Å². The van der Waals surface area contributed by atoms with Gasteiger partial charge >= 0.3 is 0 Å². The number of ether oxygens (including phenoxy) is 1. The van der Waals surface area contributed by atoms with Crippen LogP contribution in [0.5, 0.6) is 5.75 Å². The summed E-state index contributed by atoms with van der Waals surface area (Å²) in [5.41, 5.74) is 6.59. The second-order valence-electron chi connectivity index (χ2n) is 4.22. The second-order valence-corrected chi connectivity index (χ2v) is 4.22. The number of anilines is 1. The van der Waals surface area contributed by atoms with Gasteiger partial charge in [0.25, 0.3) is 0 Å². The molecule has 5 heteroatoms. The van der Waals surface area contributed by atoms with E-state index >= 15 is 0 Å². The van der Waals surface area contributed by atoms with Gasteiger partial charge in [-0.2, -0.15) is 5.10 Å². The Balaban J connectivity index is 1.98. The Morgan fingerprint density at radius 2 is 2.28 bits per heavy atom. The van der Waals surface area contributed by atoms with Crippen LogP contribution in [0.15, 0.2) is 30.6 Å². The minimum atomic E-state index is 0.402. The molecule has 96 valence electrons. The lowest BCUT2D eigenvalue weighted by Crippen LogP contribution is -2.06. The Morgan fingerprint density at radius 1 is 1.44 bits per heavy atom. The van der Waals surface area contributed by atoms with E-state index in [4.69, 9.17) is 10.5 Å². The molecule has 18 heavy (non-hydrogen) atoms. The number of pyridine rings is 1. The lowest BCUT2D eigenvalue weighted by atomic mass is 10.3. The van der Waals surface area contributed by atoms with Gasteiger partial charge in [0.2, 0.25) is 0 Å². The van der Waals surface area contributed by atoms with Gasteiger partial charge in [0.1, 0.15) is 6.61 Å². The predicted molar refractivity (Wildman–Crippen MR) is 70.2 cm³/mol. The summed E-state index contributed by atoms with van der Waals surface area (Å²) in [4.78, 5) is 3.97. The number of nitrogens with zero attached hydrogens (tertiary/aromatic N) is 3. The van der Waals surface area contributed by atoms with E-state index in [1.54, 1.807) is 18.3 Å². The summed E-state index contributed by atoms with van der Waals surface area (Å²) >= 11 is 0. The summed E-state index contributed by atoms with van der Waals surface area (Å²) in [6.45, 7) is 4.68. The largest absolute Gasteiger partial charge is 0.483 e. The van der Waals surface area contributed by atoms with Crippen LogP contribution in [-0.2, 0) is 6.61 Å². The number of hydrogen-bond donors (Lipinski definition) is 1. The SMILES string of the molecule is CCC(C)n1ccc(COc2cccnc2N)n1. The standard InChI is InChI=1S/C13H18N4O/c1-3-10(2)17-8-6-11(16-17)9-18-12-5-4-7-15-13(12)14/h4-8,10H,3,9H2,1-2H3,(H2,14,15). The molecule has 2 N–H and O–H groups in total. The quantitative estimate of drug-likeness (QED) is 0.879. The minimum Gasteiger partial charge on any atom is -0.483 e. The third-order valence-electron chi connectivity index (χ3n) is 2.88. The summed E-state index contributed by atoms with van der Waals surface area (Å²) in [6, 6.07) is 5.96. The van der Waals surface area contributed by atoms with Crippen LogP contribution >= 0.6 is 0 Å². The molecular weight excluding hydrogens is 228 g/mol. The van der Waals surface area contributed by atoms with E-state index < -0.39 is 0 Å². The number of hydrogen-bond acceptors (Lipinski definition) is 4. The molecule has 0 spiro atoms. The van der Waals surface area contributed by atoms with Crippen molar-refractivity contribution in [3.63, 3.8) is 0 Å². The van der Waals surface area contributed by atoms with Gasteiger partial charge in [0.15, 0.2) is 11.6 Å². The Hall–Kier alpha value is -2.04. The highest BCUT2D eigenvalue weighted by Crippen LogP contribution is 2.18. The smallest absolute Gasteiger partial charge is 0.166 e. The molecule has 0 radical (unpaired) electrons. The van der Waals surface area contributed by atoms with Crippen LogP contribution in [0.4, 0.5) is 5.82 Å². The molecule has 0 aromatic carbocycles. The molecule has 1 atom stereocenters. The van der Waals surface area contributed by atoms with E-state index in [-0.39, 0.29) is 0 Å². The van der Waals surface area contributed by atoms with Crippen LogP contribution in [0, 0.1) is 0 Å². The summed E-state index contributed by atoms with van der Waals surface area (Å²) in [6.07, 6.45) is 4.66. The fraction of sp³-hybridized carbons (Fsp3) is 0.385. The first-order valence-corrected chi connectivity index (χ1v) is 6.08. The summed E-state index contributed by atoms with van der Waals surface area (Å²) in [7, 11) is 0. The van der Waals surface area contributed by atoms with E-state index in [1.807, 2.05) is 16.9 Å². The maximum absolute atomic E-state index is 5.70. The molecule has 5 nitrogen and oxygen atoms in total. The lowest BCUT2D eigenvalue weighted by Gasteiger charge is -2.08. The van der Waals surface area contributed by atoms with E-state index in [0.717, 1.165) is 12.1 Å². The van der Waals surface area contributed by atoms with Gasteiger partial charge in [-0.05, 0) is 31.5 Å². The van der Waals surface area contributed by atoms with Crippen molar-refractivity contribution in [3.05, 3.63) is 36.3 Å². The molecule has 0 bridgehead atoms. The van der Waals surface area contributed by atoms with Crippen LogP contribution in [-0.4, -0.2) is 14.8 Å². The second kappa shape index (κ2) is 5.53. The monoisotopic (exact) mass is 246 g/mol. The average molecular weight is 246 g/mol. The van der Waals surface area contributed by atoms with E-state index in [1.165, 1.54) is 0 Å². The van der Waals surface area contributed by atoms with Crippen molar-refractivity contribution in [3.8, 4) is 5.75 Å². The van der Waals surface area contributed by atoms with Gasteiger partial charge in [-0.25, -0.2) is 4.98 Å². The Bertz CT molecular complexity index is 509. The highest BCUT2D eigenvalue weighted by Gasteiger charge is 2.06. The fourth-order valence-electron chi connectivity index (χ4n) is 1.56. The molecule has 0 aliphatic heterocycles. The summed E-state index contributed by atoms with van der Waals surface area (Å²) < 4.78 is 7.54. The summed E-state index contributed by atoms with van der Waals surface area (Å²) in [5, 5.41) is 4.46. The van der Waals surface area contributed by atoms with Crippen molar-refractivity contribution in [1.82, 2.24) is 14.8 Å². The van der Waals surface area contributed by atoms with E-state index in [2.05, 4.69) is 23.9 Å². The van der Waals surface area contributed by atoms with Crippen LogP contribution < -0.4 is 10.5 Å². The molecule has 2 heterocycles. The van der Waals surface area contributed by atoms with Gasteiger partial charge in [0, 0.05) is 18.4 Å². The molecule has 0 amide bonds. The maximum Gasteiger partial charge on any atom is 0.166 e. The zero-order valence-corrected chi connectivity index (χ0v) is 10.7. The van der Waals surface area contributed by atoms with Gasteiger partial charge < -0.3 is 10.5 Å². The zero-order valence-electron chi connectivity index (χ0n) is 10.7. The van der Waals surface area contributed by atoms with Gasteiger partial charge in [-0.1, -0.05) is 6.92 Å². The van der Waals surface area contributed by atoms with Crippen molar-refractivity contribution in [2.24, 2.45) is 0 Å². The van der Waals surface area contributed by atoms with Gasteiger partial charge in [-0.3, -0.25) is 4.68 Å². The fourth-order valence-corrected chi connectivity index (χ4v) is 1.56. The highest BCUT2D eigenvalue weighted by molar-refractivity contribution is 5.44. The van der Waals surface area contributed by atoms with Crippen molar-refractivity contribution in [2.45, 2.75) is 32.9 Å². The summed E-state index contributed by atoms with van der Waals surface area (Å²) in [5.74, 6) is 0.995. The third-order valence-corrected chi connectivity index (χ3v) is 2.88. The molecule has 0 fully saturated rings. The Morgan fingerprint density at radius 3 is 3.00 bits per heavy atom. The highest BCUT2D eigenvalue weighted by atomic mass is 16.5. The van der Waals surface area contributed by atoms with Crippen LogP contribution in [0.3, 0.4) is 0 Å². The number of rotatable bonds is 5. The number of aromatic nitrogens is 3. The van der Waals surface area contributed by atoms with Crippen LogP contribution in [0.25, 0.3) is 0 Å². The molecular formula is C13H18N4O. The molecule has 1 unspecified atom stereocenters. The molecule has 0 aliphatic carbocycles. The lowest BCUT2D eigenvalue weighted by molar-refractivity contribution is 0.299. The number of nitrogens with two attached hydrogens (primary N) is 1. The van der Waals surface area contributed by atoms with Crippen molar-refractivity contribution >= 4 is 5.82 Å². The van der Waals surface area contributed by atoms with Crippen molar-refractivity contribution in [1.29, 1.82) is 0 Å². The van der Waals surface area contributed by atoms with E-state index in [0.29, 0.717) is 24.2 Å². The molecule has 2 aromatic heterocycles. The normalized spacial score (nSPS) is 12.3. The average Bonchev–Trinajstić information content (AvgIpc) is 2.86. The third kappa shape index (κ3) is 2.80. The van der Waals surface area contributed by atoms with Crippen molar-refractivity contribution < 1.29 is 4.74 Å². The zero-order chi connectivity index (χ0) is 13.0. The Kier molecular flexibility index (Phi) is 3.82. The molecule has 0 saturated heterocycles. The molecule has 0 aliphatic rings. The Labute approximate surface area is 107 Å². The first-order chi connectivity index (χ1) is 8.70. The van der Waals surface area contributed by atoms with E-state index in [9.17, 15) is 0 Å². The van der Waals surface area contributed by atoms with Crippen LogP contribution in [0.1, 0.15) is 32.0 Å².